The number of nitrogens with one attached hydrogen (secondary N) is 1. The second-order valence-corrected chi connectivity index (χ2v) is 8.91. The fraction of sp³-hybridized carbons (Fsp3) is 0.350. The summed E-state index contributed by atoms with van der Waals surface area (Å²) in [6.07, 6.45) is 0. The maximum absolute atomic E-state index is 14.2. The Morgan fingerprint density at radius 3 is 2.34 bits per heavy atom. The summed E-state index contributed by atoms with van der Waals surface area (Å²) in [5.74, 6) is -0.639. The molecule has 2 aromatic rings. The monoisotopic (exact) mass is 423 g/mol. The van der Waals surface area contributed by atoms with Crippen LogP contribution in [0.3, 0.4) is 0 Å². The number of amides is 1. The smallest absolute Gasteiger partial charge is 0.304 e. The van der Waals surface area contributed by atoms with E-state index >= 15 is 0 Å². The highest BCUT2D eigenvalue weighted by Crippen LogP contribution is 2.22. The van der Waals surface area contributed by atoms with Gasteiger partial charge in [0, 0.05) is 14.1 Å². The van der Waals surface area contributed by atoms with E-state index < -0.39 is 28.5 Å². The first-order valence-electron chi connectivity index (χ1n) is 9.05. The van der Waals surface area contributed by atoms with Crippen molar-refractivity contribution in [3.63, 3.8) is 0 Å². The van der Waals surface area contributed by atoms with Gasteiger partial charge >= 0.3 is 10.2 Å². The van der Waals surface area contributed by atoms with Crippen LogP contribution in [0.1, 0.15) is 12.5 Å². The van der Waals surface area contributed by atoms with Crippen LogP contribution in [0.15, 0.2) is 48.5 Å². The molecule has 0 saturated heterocycles. The molecule has 9 heteroatoms. The van der Waals surface area contributed by atoms with Crippen LogP contribution < -0.4 is 14.4 Å². The minimum Gasteiger partial charge on any atom is -0.491 e. The maximum atomic E-state index is 14.2. The maximum Gasteiger partial charge on any atom is 0.304 e. The van der Waals surface area contributed by atoms with Gasteiger partial charge < -0.3 is 10.1 Å². The molecular weight excluding hydrogens is 397 g/mol. The topological polar surface area (TPSA) is 79.0 Å². The normalized spacial score (nSPS) is 12.5. The first-order chi connectivity index (χ1) is 13.6. The van der Waals surface area contributed by atoms with E-state index in [1.807, 2.05) is 31.2 Å². The fourth-order valence-electron chi connectivity index (χ4n) is 2.49. The summed E-state index contributed by atoms with van der Waals surface area (Å²) in [7, 11) is -1.43. The summed E-state index contributed by atoms with van der Waals surface area (Å²) < 4.78 is 46.7. The van der Waals surface area contributed by atoms with Gasteiger partial charge in [-0.25, -0.2) is 8.70 Å². The average Bonchev–Trinajstić information content (AvgIpc) is 2.66. The number of benzene rings is 2. The van der Waals surface area contributed by atoms with Crippen LogP contribution in [0, 0.1) is 12.7 Å². The molecule has 0 aliphatic rings. The number of para-hydroxylation sites is 1. The Morgan fingerprint density at radius 1 is 1.14 bits per heavy atom. The van der Waals surface area contributed by atoms with Gasteiger partial charge in [-0.3, -0.25) is 4.79 Å². The number of aryl methyl sites for hydroxylation is 1. The molecule has 0 spiro atoms. The number of hydrogen-bond donors (Lipinski definition) is 1. The van der Waals surface area contributed by atoms with Gasteiger partial charge in [0.1, 0.15) is 24.7 Å². The molecule has 0 aromatic heterocycles. The SMILES string of the molecule is Cc1ccc(OC[C@H](C)NC(=O)CN(c2ccccc2F)S(=O)(=O)N(C)C)cc1. The first kappa shape index (κ1) is 22.6. The minimum absolute atomic E-state index is 0.195. The molecule has 0 unspecified atom stereocenters. The minimum atomic E-state index is -4.07. The van der Waals surface area contributed by atoms with Crippen molar-refractivity contribution < 1.29 is 22.3 Å². The summed E-state index contributed by atoms with van der Waals surface area (Å²) in [6.45, 7) is 3.35. The third-order valence-corrected chi connectivity index (χ3v) is 5.88. The molecule has 2 aromatic carbocycles. The van der Waals surface area contributed by atoms with Gasteiger partial charge in [-0.1, -0.05) is 29.8 Å². The summed E-state index contributed by atoms with van der Waals surface area (Å²) in [6, 6.07) is 12.5. The van der Waals surface area contributed by atoms with E-state index in [0.29, 0.717) is 5.75 Å². The second kappa shape index (κ2) is 9.71. The zero-order valence-corrected chi connectivity index (χ0v) is 17.7. The fourth-order valence-corrected chi connectivity index (χ4v) is 3.56. The predicted molar refractivity (Wildman–Crippen MR) is 111 cm³/mol. The van der Waals surface area contributed by atoms with Crippen LogP contribution in [-0.2, 0) is 15.0 Å². The van der Waals surface area contributed by atoms with Crippen LogP contribution in [0.2, 0.25) is 0 Å². The number of carbonyl (C=O) groups excluding carboxylic acids is 1. The first-order valence-corrected chi connectivity index (χ1v) is 10.4. The van der Waals surface area contributed by atoms with Crippen molar-refractivity contribution in [2.45, 2.75) is 19.9 Å². The molecule has 1 amide bonds. The number of rotatable bonds is 9. The summed E-state index contributed by atoms with van der Waals surface area (Å²) >= 11 is 0. The number of hydrogen-bond acceptors (Lipinski definition) is 4. The Morgan fingerprint density at radius 2 is 1.76 bits per heavy atom. The highest BCUT2D eigenvalue weighted by molar-refractivity contribution is 7.90. The molecule has 0 aliphatic carbocycles. The van der Waals surface area contributed by atoms with Gasteiger partial charge in [0.25, 0.3) is 0 Å². The lowest BCUT2D eigenvalue weighted by Crippen LogP contribution is -2.48. The lowest BCUT2D eigenvalue weighted by molar-refractivity contribution is -0.120. The van der Waals surface area contributed by atoms with Gasteiger partial charge in [0.05, 0.1) is 11.7 Å². The van der Waals surface area contributed by atoms with Crippen LogP contribution in [0.5, 0.6) is 5.75 Å². The predicted octanol–water partition coefficient (Wildman–Crippen LogP) is 2.33. The van der Waals surface area contributed by atoms with Crippen LogP contribution in [0.4, 0.5) is 10.1 Å². The number of ether oxygens (including phenoxy) is 1. The van der Waals surface area contributed by atoms with E-state index in [1.54, 1.807) is 6.92 Å². The zero-order chi connectivity index (χ0) is 21.6. The highest BCUT2D eigenvalue weighted by Gasteiger charge is 2.29. The van der Waals surface area contributed by atoms with Gasteiger partial charge in [0.15, 0.2) is 0 Å². The van der Waals surface area contributed by atoms with Crippen LogP contribution in [0.25, 0.3) is 0 Å². The molecule has 2 rings (SSSR count). The molecule has 1 atom stereocenters. The average molecular weight is 424 g/mol. The van der Waals surface area contributed by atoms with Crippen LogP contribution in [-0.4, -0.2) is 51.9 Å². The van der Waals surface area contributed by atoms with Crippen LogP contribution >= 0.6 is 0 Å². The molecular formula is C20H26FN3O4S. The number of nitrogens with zero attached hydrogens (tertiary/aromatic N) is 2. The molecule has 0 fully saturated rings. The molecule has 0 saturated carbocycles. The van der Waals surface area contributed by atoms with E-state index in [4.69, 9.17) is 4.74 Å². The van der Waals surface area contributed by atoms with Crippen molar-refractivity contribution in [1.29, 1.82) is 0 Å². The largest absolute Gasteiger partial charge is 0.491 e. The summed E-state index contributed by atoms with van der Waals surface area (Å²) in [5, 5.41) is 2.68. The molecule has 7 nitrogen and oxygen atoms in total. The molecule has 0 radical (unpaired) electrons. The Labute approximate surface area is 171 Å². The molecule has 0 aliphatic heterocycles. The second-order valence-electron chi connectivity index (χ2n) is 6.84. The van der Waals surface area contributed by atoms with Crippen molar-refractivity contribution in [3.8, 4) is 5.75 Å². The quantitative estimate of drug-likeness (QED) is 0.672. The Kier molecular flexibility index (Phi) is 7.58. The van der Waals surface area contributed by atoms with E-state index in [1.165, 1.54) is 32.3 Å². The third-order valence-electron chi connectivity index (χ3n) is 4.08. The molecule has 29 heavy (non-hydrogen) atoms. The Hall–Kier alpha value is -2.65. The van der Waals surface area contributed by atoms with E-state index in [0.717, 1.165) is 20.2 Å². The van der Waals surface area contributed by atoms with Crippen molar-refractivity contribution in [1.82, 2.24) is 9.62 Å². The standard InChI is InChI=1S/C20H26FN3O4S/c1-15-9-11-17(12-10-15)28-14-16(2)22-20(25)13-24(29(26,27)23(3)4)19-8-6-5-7-18(19)21/h5-12,16H,13-14H2,1-4H3,(H,22,25)/t16-/m0/s1. The molecule has 158 valence electrons. The van der Waals surface area contributed by atoms with Gasteiger partial charge in [-0.15, -0.1) is 0 Å². The van der Waals surface area contributed by atoms with Crippen molar-refractivity contribution >= 4 is 21.8 Å². The lowest BCUT2D eigenvalue weighted by atomic mass is 10.2. The molecule has 1 N–H and O–H groups in total. The number of halogens is 1. The van der Waals surface area contributed by atoms with Crippen molar-refractivity contribution in [3.05, 3.63) is 59.9 Å². The number of carbonyl (C=O) groups is 1. The van der Waals surface area contributed by atoms with Crippen molar-refractivity contribution in [2.24, 2.45) is 0 Å². The molecule has 0 heterocycles. The Balaban J connectivity index is 2.05. The summed E-state index contributed by atoms with van der Waals surface area (Å²) in [4.78, 5) is 12.5. The van der Waals surface area contributed by atoms with E-state index in [-0.39, 0.29) is 18.3 Å². The van der Waals surface area contributed by atoms with Gasteiger partial charge in [-0.05, 0) is 38.1 Å². The molecule has 0 bridgehead atoms. The van der Waals surface area contributed by atoms with Crippen molar-refractivity contribution in [2.75, 3.05) is 31.6 Å². The van der Waals surface area contributed by atoms with E-state index in [9.17, 15) is 17.6 Å². The van der Waals surface area contributed by atoms with Gasteiger partial charge in [0.2, 0.25) is 5.91 Å². The van der Waals surface area contributed by atoms with Gasteiger partial charge in [-0.2, -0.15) is 12.7 Å². The Bertz CT molecular complexity index is 933. The van der Waals surface area contributed by atoms with E-state index in [2.05, 4.69) is 5.32 Å². The highest BCUT2D eigenvalue weighted by atomic mass is 32.2. The lowest BCUT2D eigenvalue weighted by Gasteiger charge is -2.27. The third kappa shape index (κ3) is 6.16. The zero-order valence-electron chi connectivity index (χ0n) is 16.9. The number of anilines is 1. The summed E-state index contributed by atoms with van der Waals surface area (Å²) in [5.41, 5.74) is 0.911.